The SMILES string of the molecule is CC.Cc1ccc(C)n1-c1ccc(C(=O)CCl)cn1. The van der Waals surface area contributed by atoms with Gasteiger partial charge >= 0.3 is 0 Å². The first-order valence-electron chi connectivity index (χ1n) is 6.34. The second-order valence-corrected chi connectivity index (χ2v) is 4.18. The van der Waals surface area contributed by atoms with E-state index in [1.165, 1.54) is 0 Å². The van der Waals surface area contributed by atoms with Crippen LogP contribution in [0, 0.1) is 13.8 Å². The molecule has 0 aliphatic carbocycles. The van der Waals surface area contributed by atoms with Crippen LogP contribution in [0.15, 0.2) is 30.5 Å². The van der Waals surface area contributed by atoms with Crippen molar-refractivity contribution in [3.8, 4) is 5.82 Å². The van der Waals surface area contributed by atoms with Crippen LogP contribution < -0.4 is 0 Å². The Morgan fingerprint density at radius 1 is 1.16 bits per heavy atom. The Hall–Kier alpha value is -1.61. The van der Waals surface area contributed by atoms with E-state index in [2.05, 4.69) is 4.98 Å². The number of halogens is 1. The van der Waals surface area contributed by atoms with Gasteiger partial charge in [0.25, 0.3) is 0 Å². The van der Waals surface area contributed by atoms with Crippen molar-refractivity contribution in [2.45, 2.75) is 27.7 Å². The summed E-state index contributed by atoms with van der Waals surface area (Å²) in [4.78, 5) is 15.7. The third-order valence-corrected chi connectivity index (χ3v) is 2.93. The van der Waals surface area contributed by atoms with Gasteiger partial charge in [-0.2, -0.15) is 0 Å². The average Bonchev–Trinajstić information content (AvgIpc) is 2.80. The van der Waals surface area contributed by atoms with Crippen LogP contribution in [0.25, 0.3) is 5.82 Å². The van der Waals surface area contributed by atoms with Crippen LogP contribution >= 0.6 is 11.6 Å². The van der Waals surface area contributed by atoms with Gasteiger partial charge in [0.15, 0.2) is 5.78 Å². The maximum atomic E-state index is 11.4. The number of hydrogen-bond donors (Lipinski definition) is 0. The molecular formula is C15H19ClN2O. The normalized spacial score (nSPS) is 9.74. The Labute approximate surface area is 119 Å². The first-order chi connectivity index (χ1) is 9.13. The molecular weight excluding hydrogens is 260 g/mol. The fraction of sp³-hybridized carbons (Fsp3) is 0.333. The molecule has 3 nitrogen and oxygen atoms in total. The van der Waals surface area contributed by atoms with Crippen molar-refractivity contribution in [3.05, 3.63) is 47.4 Å². The van der Waals surface area contributed by atoms with E-state index < -0.39 is 0 Å². The molecule has 0 amide bonds. The van der Waals surface area contributed by atoms with Crippen molar-refractivity contribution >= 4 is 17.4 Å². The number of carbonyl (C=O) groups is 1. The second kappa shape index (κ2) is 7.10. The zero-order valence-electron chi connectivity index (χ0n) is 11.8. The Morgan fingerprint density at radius 2 is 1.74 bits per heavy atom. The van der Waals surface area contributed by atoms with Gasteiger partial charge in [0.1, 0.15) is 5.82 Å². The van der Waals surface area contributed by atoms with E-state index in [9.17, 15) is 4.79 Å². The minimum atomic E-state index is -0.105. The molecule has 102 valence electrons. The number of alkyl halides is 1. The topological polar surface area (TPSA) is 34.9 Å². The van der Waals surface area contributed by atoms with Crippen molar-refractivity contribution in [2.24, 2.45) is 0 Å². The van der Waals surface area contributed by atoms with E-state index in [1.54, 1.807) is 12.3 Å². The fourth-order valence-electron chi connectivity index (χ4n) is 1.79. The van der Waals surface area contributed by atoms with E-state index >= 15 is 0 Å². The predicted octanol–water partition coefficient (Wildman–Crippen LogP) is 3.94. The standard InChI is InChI=1S/C13H13ClN2O.C2H6/c1-9-3-4-10(2)16(9)13-6-5-11(8-15-13)12(17)7-14;1-2/h3-6,8H,7H2,1-2H3;1-2H3. The molecule has 0 unspecified atom stereocenters. The lowest BCUT2D eigenvalue weighted by atomic mass is 10.2. The quantitative estimate of drug-likeness (QED) is 0.630. The molecule has 0 aliphatic heterocycles. The first kappa shape index (κ1) is 15.4. The monoisotopic (exact) mass is 278 g/mol. The van der Waals surface area contributed by atoms with Crippen molar-refractivity contribution in [2.75, 3.05) is 5.88 Å². The minimum Gasteiger partial charge on any atom is -0.303 e. The highest BCUT2D eigenvalue weighted by Crippen LogP contribution is 2.14. The average molecular weight is 279 g/mol. The fourth-order valence-corrected chi connectivity index (χ4v) is 1.94. The predicted molar refractivity (Wildman–Crippen MR) is 79.4 cm³/mol. The number of nitrogens with zero attached hydrogens (tertiary/aromatic N) is 2. The van der Waals surface area contributed by atoms with Crippen molar-refractivity contribution in [1.82, 2.24) is 9.55 Å². The Kier molecular flexibility index (Phi) is 5.77. The summed E-state index contributed by atoms with van der Waals surface area (Å²) in [6.45, 7) is 8.04. The summed E-state index contributed by atoms with van der Waals surface area (Å²) in [5.41, 5.74) is 2.78. The summed E-state index contributed by atoms with van der Waals surface area (Å²) >= 11 is 5.49. The molecule has 2 rings (SSSR count). The number of carbonyl (C=O) groups excluding carboxylic acids is 1. The summed E-state index contributed by atoms with van der Waals surface area (Å²) < 4.78 is 2.04. The molecule has 0 aliphatic rings. The largest absolute Gasteiger partial charge is 0.303 e. The van der Waals surface area contributed by atoms with E-state index in [4.69, 9.17) is 11.6 Å². The maximum absolute atomic E-state index is 11.4. The third-order valence-electron chi connectivity index (χ3n) is 2.69. The molecule has 2 aromatic rings. The Morgan fingerprint density at radius 3 is 2.16 bits per heavy atom. The zero-order chi connectivity index (χ0) is 14.4. The van der Waals surface area contributed by atoms with Crippen LogP contribution in [0.3, 0.4) is 0 Å². The summed E-state index contributed by atoms with van der Waals surface area (Å²) in [5, 5.41) is 0. The molecule has 0 saturated heterocycles. The van der Waals surface area contributed by atoms with Crippen LogP contribution in [0.5, 0.6) is 0 Å². The molecule has 0 bridgehead atoms. The molecule has 0 spiro atoms. The first-order valence-corrected chi connectivity index (χ1v) is 6.87. The van der Waals surface area contributed by atoms with Crippen LogP contribution in [-0.2, 0) is 0 Å². The Balaban J connectivity index is 0.000000861. The molecule has 0 aromatic carbocycles. The van der Waals surface area contributed by atoms with Gasteiger partial charge < -0.3 is 4.57 Å². The van der Waals surface area contributed by atoms with Crippen molar-refractivity contribution < 1.29 is 4.79 Å². The number of aromatic nitrogens is 2. The minimum absolute atomic E-state index is 0.0113. The van der Waals surface area contributed by atoms with Gasteiger partial charge in [0.05, 0.1) is 5.88 Å². The Bertz CT molecular complexity index is 524. The van der Waals surface area contributed by atoms with E-state index in [-0.39, 0.29) is 11.7 Å². The van der Waals surface area contributed by atoms with E-state index in [0.717, 1.165) is 17.2 Å². The molecule has 2 aromatic heterocycles. The number of hydrogen-bond acceptors (Lipinski definition) is 2. The number of Topliss-reactive ketones (excluding diaryl/α,β-unsaturated/α-hetero) is 1. The molecule has 2 heterocycles. The number of pyridine rings is 1. The molecule has 0 atom stereocenters. The maximum Gasteiger partial charge on any atom is 0.179 e. The van der Waals surface area contributed by atoms with Gasteiger partial charge in [-0.15, -0.1) is 11.6 Å². The molecule has 0 fully saturated rings. The number of aryl methyl sites for hydroxylation is 2. The van der Waals surface area contributed by atoms with Gasteiger partial charge in [0.2, 0.25) is 0 Å². The smallest absolute Gasteiger partial charge is 0.179 e. The molecule has 0 N–H and O–H groups in total. The zero-order valence-corrected chi connectivity index (χ0v) is 12.5. The van der Waals surface area contributed by atoms with Gasteiger partial charge in [-0.05, 0) is 38.1 Å². The highest BCUT2D eigenvalue weighted by Gasteiger charge is 2.07. The van der Waals surface area contributed by atoms with Gasteiger partial charge in [-0.25, -0.2) is 4.98 Å². The van der Waals surface area contributed by atoms with Crippen LogP contribution in [0.1, 0.15) is 35.6 Å². The number of ketones is 1. The van der Waals surface area contributed by atoms with Crippen molar-refractivity contribution in [3.63, 3.8) is 0 Å². The lowest BCUT2D eigenvalue weighted by Crippen LogP contribution is -2.05. The second-order valence-electron chi connectivity index (χ2n) is 3.91. The lowest BCUT2D eigenvalue weighted by molar-refractivity contribution is 0.102. The molecule has 0 saturated carbocycles. The summed E-state index contributed by atoms with van der Waals surface area (Å²) in [6.07, 6.45) is 1.57. The van der Waals surface area contributed by atoms with Crippen molar-refractivity contribution in [1.29, 1.82) is 0 Å². The summed E-state index contributed by atoms with van der Waals surface area (Å²) in [5.74, 6) is 0.700. The highest BCUT2D eigenvalue weighted by atomic mass is 35.5. The number of rotatable bonds is 3. The molecule has 4 heteroatoms. The molecule has 0 radical (unpaired) electrons. The highest BCUT2D eigenvalue weighted by molar-refractivity contribution is 6.30. The van der Waals surface area contributed by atoms with Gasteiger partial charge in [-0.3, -0.25) is 4.79 Å². The third kappa shape index (κ3) is 3.44. The van der Waals surface area contributed by atoms with Crippen LogP contribution in [-0.4, -0.2) is 21.2 Å². The van der Waals surface area contributed by atoms with E-state index in [0.29, 0.717) is 5.56 Å². The van der Waals surface area contributed by atoms with Gasteiger partial charge in [-0.1, -0.05) is 13.8 Å². The molecule has 19 heavy (non-hydrogen) atoms. The van der Waals surface area contributed by atoms with E-state index in [1.807, 2.05) is 50.5 Å². The summed E-state index contributed by atoms with van der Waals surface area (Å²) in [7, 11) is 0. The summed E-state index contributed by atoms with van der Waals surface area (Å²) in [6, 6.07) is 7.66. The lowest BCUT2D eigenvalue weighted by Gasteiger charge is -2.08. The van der Waals surface area contributed by atoms with Gasteiger partial charge in [0, 0.05) is 23.1 Å². The van der Waals surface area contributed by atoms with Crippen LogP contribution in [0.4, 0.5) is 0 Å². The van der Waals surface area contributed by atoms with Crippen LogP contribution in [0.2, 0.25) is 0 Å².